The molecule has 29 heavy (non-hydrogen) atoms. The van der Waals surface area contributed by atoms with E-state index in [-0.39, 0.29) is 37.5 Å². The van der Waals surface area contributed by atoms with Gasteiger partial charge in [-0.2, -0.15) is 0 Å². The summed E-state index contributed by atoms with van der Waals surface area (Å²) in [5.74, 6) is 0.455. The van der Waals surface area contributed by atoms with Crippen molar-refractivity contribution in [3.05, 3.63) is 54.1 Å². The molecule has 1 atom stereocenters. The lowest BCUT2D eigenvalue weighted by atomic mass is 10.1. The highest BCUT2D eigenvalue weighted by Crippen LogP contribution is 2.34. The van der Waals surface area contributed by atoms with Crippen molar-refractivity contribution in [1.82, 2.24) is 4.90 Å². The van der Waals surface area contributed by atoms with Crippen LogP contribution in [0.5, 0.6) is 11.5 Å². The molecule has 2 aliphatic heterocycles. The predicted molar refractivity (Wildman–Crippen MR) is 105 cm³/mol. The van der Waals surface area contributed by atoms with E-state index in [2.05, 4.69) is 0 Å². The normalized spacial score (nSPS) is 17.7. The summed E-state index contributed by atoms with van der Waals surface area (Å²) in [7, 11) is 0. The monoisotopic (exact) mass is 394 g/mol. The van der Waals surface area contributed by atoms with Crippen LogP contribution in [-0.4, -0.2) is 35.5 Å². The van der Waals surface area contributed by atoms with Crippen molar-refractivity contribution in [2.75, 3.05) is 11.7 Å². The zero-order chi connectivity index (χ0) is 20.4. The summed E-state index contributed by atoms with van der Waals surface area (Å²) < 4.78 is 10.7. The summed E-state index contributed by atoms with van der Waals surface area (Å²) in [6.07, 6.45) is 0.954. The molecule has 0 N–H and O–H groups in total. The van der Waals surface area contributed by atoms with Crippen LogP contribution in [0.15, 0.2) is 48.5 Å². The highest BCUT2D eigenvalue weighted by Gasteiger charge is 2.44. The van der Waals surface area contributed by atoms with Gasteiger partial charge in [0, 0.05) is 13.0 Å². The van der Waals surface area contributed by atoms with E-state index in [1.165, 1.54) is 9.80 Å². The quantitative estimate of drug-likeness (QED) is 0.704. The van der Waals surface area contributed by atoms with Gasteiger partial charge in [-0.15, -0.1) is 0 Å². The Balaban J connectivity index is 1.61. The number of para-hydroxylation sites is 1. The smallest absolute Gasteiger partial charge is 0.257 e. The zero-order valence-electron chi connectivity index (χ0n) is 16.2. The number of hydrogen-bond donors (Lipinski definition) is 0. The van der Waals surface area contributed by atoms with Crippen LogP contribution in [0.1, 0.15) is 31.7 Å². The number of amides is 3. The molecule has 1 fully saturated rings. The molecule has 0 bridgehead atoms. The fourth-order valence-electron chi connectivity index (χ4n) is 3.67. The molecule has 3 amide bonds. The minimum absolute atomic E-state index is 0.0201. The molecule has 2 aromatic carbocycles. The maximum atomic E-state index is 13.1. The van der Waals surface area contributed by atoms with Gasteiger partial charge in [0.25, 0.3) is 5.91 Å². The fraction of sp³-hybridized carbons (Fsp3) is 0.318. The standard InChI is InChI=1S/C22H22N2O5/c1-2-6-20(25)23(13-15-9-10-18-19(11-15)29-14-28-18)17-12-21(26)24(22(17)27)16-7-4-3-5-8-16/h3-5,7-11,17H,2,6,12-14H2,1H3. The van der Waals surface area contributed by atoms with Gasteiger partial charge in [0.2, 0.25) is 18.6 Å². The summed E-state index contributed by atoms with van der Waals surface area (Å²) in [5.41, 5.74) is 1.34. The Morgan fingerprint density at radius 3 is 2.62 bits per heavy atom. The van der Waals surface area contributed by atoms with Crippen LogP contribution in [-0.2, 0) is 20.9 Å². The van der Waals surface area contributed by atoms with Crippen LogP contribution in [0.3, 0.4) is 0 Å². The van der Waals surface area contributed by atoms with Crippen molar-refractivity contribution in [1.29, 1.82) is 0 Å². The maximum Gasteiger partial charge on any atom is 0.257 e. The van der Waals surface area contributed by atoms with Gasteiger partial charge in [0.15, 0.2) is 11.5 Å². The van der Waals surface area contributed by atoms with E-state index >= 15 is 0 Å². The first kappa shape index (κ1) is 19.0. The molecule has 0 spiro atoms. The fourth-order valence-corrected chi connectivity index (χ4v) is 3.67. The van der Waals surface area contributed by atoms with E-state index in [0.717, 1.165) is 5.56 Å². The van der Waals surface area contributed by atoms with Gasteiger partial charge in [-0.05, 0) is 36.2 Å². The van der Waals surface area contributed by atoms with E-state index in [1.807, 2.05) is 25.1 Å². The first-order valence-electron chi connectivity index (χ1n) is 9.68. The van der Waals surface area contributed by atoms with E-state index in [1.54, 1.807) is 30.3 Å². The third kappa shape index (κ3) is 3.68. The number of ether oxygens (including phenoxy) is 2. The number of benzene rings is 2. The number of anilines is 1. The second kappa shape index (κ2) is 7.95. The molecular weight excluding hydrogens is 372 g/mol. The molecule has 2 aromatic rings. The molecule has 1 unspecified atom stereocenters. The van der Waals surface area contributed by atoms with E-state index in [9.17, 15) is 14.4 Å². The van der Waals surface area contributed by atoms with Crippen molar-refractivity contribution >= 4 is 23.4 Å². The average Bonchev–Trinajstić information content (AvgIpc) is 3.30. The molecule has 0 aromatic heterocycles. The van der Waals surface area contributed by atoms with Crippen molar-refractivity contribution in [3.63, 3.8) is 0 Å². The number of fused-ring (bicyclic) bond motifs is 1. The lowest BCUT2D eigenvalue weighted by molar-refractivity contribution is -0.139. The number of carbonyl (C=O) groups is 3. The van der Waals surface area contributed by atoms with Gasteiger partial charge in [0.05, 0.1) is 12.1 Å². The van der Waals surface area contributed by atoms with Crippen LogP contribution in [0.2, 0.25) is 0 Å². The molecule has 0 saturated carbocycles. The van der Waals surface area contributed by atoms with E-state index < -0.39 is 6.04 Å². The Bertz CT molecular complexity index is 943. The largest absolute Gasteiger partial charge is 0.454 e. The Morgan fingerprint density at radius 1 is 1.10 bits per heavy atom. The minimum Gasteiger partial charge on any atom is -0.454 e. The molecule has 7 nitrogen and oxygen atoms in total. The minimum atomic E-state index is -0.813. The topological polar surface area (TPSA) is 76.2 Å². The predicted octanol–water partition coefficient (Wildman–Crippen LogP) is 2.88. The molecule has 2 aliphatic rings. The Morgan fingerprint density at radius 2 is 1.86 bits per heavy atom. The lowest BCUT2D eigenvalue weighted by Gasteiger charge is -2.28. The molecule has 4 rings (SSSR count). The van der Waals surface area contributed by atoms with Crippen molar-refractivity contribution in [2.45, 2.75) is 38.8 Å². The van der Waals surface area contributed by atoms with Gasteiger partial charge in [-0.25, -0.2) is 4.90 Å². The SMILES string of the molecule is CCCC(=O)N(Cc1ccc2c(c1)OCO2)C1CC(=O)N(c2ccccc2)C1=O. The third-order valence-electron chi connectivity index (χ3n) is 5.09. The molecule has 150 valence electrons. The number of hydrogen-bond acceptors (Lipinski definition) is 5. The lowest BCUT2D eigenvalue weighted by Crippen LogP contribution is -2.45. The van der Waals surface area contributed by atoms with E-state index in [4.69, 9.17) is 9.47 Å². The third-order valence-corrected chi connectivity index (χ3v) is 5.09. The average molecular weight is 394 g/mol. The highest BCUT2D eigenvalue weighted by atomic mass is 16.7. The first-order chi connectivity index (χ1) is 14.1. The number of carbonyl (C=O) groups excluding carboxylic acids is 3. The molecule has 1 saturated heterocycles. The zero-order valence-corrected chi connectivity index (χ0v) is 16.2. The van der Waals surface area contributed by atoms with Crippen molar-refractivity contribution < 1.29 is 23.9 Å². The van der Waals surface area contributed by atoms with Crippen LogP contribution in [0, 0.1) is 0 Å². The number of nitrogens with zero attached hydrogens (tertiary/aromatic N) is 2. The molecule has 0 aliphatic carbocycles. The van der Waals surface area contributed by atoms with Crippen LogP contribution >= 0.6 is 0 Å². The van der Waals surface area contributed by atoms with E-state index in [0.29, 0.717) is 30.0 Å². The van der Waals surface area contributed by atoms with Gasteiger partial charge in [-0.3, -0.25) is 14.4 Å². The highest BCUT2D eigenvalue weighted by molar-refractivity contribution is 6.23. The van der Waals surface area contributed by atoms with Gasteiger partial charge in [-0.1, -0.05) is 31.2 Å². The summed E-state index contributed by atoms with van der Waals surface area (Å²) >= 11 is 0. The summed E-state index contributed by atoms with van der Waals surface area (Å²) in [4.78, 5) is 41.3. The second-order valence-corrected chi connectivity index (χ2v) is 7.08. The molecular formula is C22H22N2O5. The van der Waals surface area contributed by atoms with Gasteiger partial charge in [0.1, 0.15) is 6.04 Å². The van der Waals surface area contributed by atoms with Crippen LogP contribution in [0.25, 0.3) is 0 Å². The molecule has 2 heterocycles. The summed E-state index contributed by atoms with van der Waals surface area (Å²) in [6, 6.07) is 13.4. The van der Waals surface area contributed by atoms with Crippen LogP contribution in [0.4, 0.5) is 5.69 Å². The van der Waals surface area contributed by atoms with Gasteiger partial charge < -0.3 is 14.4 Å². The Kier molecular flexibility index (Phi) is 5.20. The first-order valence-corrected chi connectivity index (χ1v) is 9.68. The van der Waals surface area contributed by atoms with Crippen LogP contribution < -0.4 is 14.4 Å². The number of imide groups is 1. The van der Waals surface area contributed by atoms with Gasteiger partial charge >= 0.3 is 0 Å². The Labute approximate surface area is 168 Å². The molecule has 0 radical (unpaired) electrons. The summed E-state index contributed by atoms with van der Waals surface area (Å²) in [5, 5.41) is 0. The van der Waals surface area contributed by atoms with Crippen molar-refractivity contribution in [3.8, 4) is 11.5 Å². The second-order valence-electron chi connectivity index (χ2n) is 7.08. The number of rotatable bonds is 6. The summed E-state index contributed by atoms with van der Waals surface area (Å²) in [6.45, 7) is 2.30. The maximum absolute atomic E-state index is 13.1. The van der Waals surface area contributed by atoms with Crippen molar-refractivity contribution in [2.24, 2.45) is 0 Å². The molecule has 7 heteroatoms. The Hall–Kier alpha value is -3.35.